The normalized spacial score (nSPS) is 10.2. The van der Waals surface area contributed by atoms with Crippen LogP contribution in [-0.4, -0.2) is 19.0 Å². The van der Waals surface area contributed by atoms with Gasteiger partial charge in [-0.15, -0.1) is 22.7 Å². The molecule has 0 bridgehead atoms. The van der Waals surface area contributed by atoms with Crippen molar-refractivity contribution in [2.75, 3.05) is 12.4 Å². The van der Waals surface area contributed by atoms with E-state index in [1.165, 1.54) is 29.8 Å². The summed E-state index contributed by atoms with van der Waals surface area (Å²) in [6, 6.07) is 5.53. The summed E-state index contributed by atoms with van der Waals surface area (Å²) in [5.41, 5.74) is 0.407. The van der Waals surface area contributed by atoms with E-state index in [9.17, 15) is 9.59 Å². The fourth-order valence-corrected chi connectivity index (χ4v) is 3.23. The second kappa shape index (κ2) is 5.99. The van der Waals surface area contributed by atoms with Gasteiger partial charge in [-0.25, -0.2) is 4.79 Å². The molecule has 0 spiro atoms. The van der Waals surface area contributed by atoms with E-state index in [1.54, 1.807) is 6.07 Å². The second-order valence-corrected chi connectivity index (χ2v) is 6.18. The number of methoxy groups -OCH3 is 1. The van der Waals surface area contributed by atoms with Crippen LogP contribution in [-0.2, 0) is 16.0 Å². The molecular weight excluding hydrogens is 282 g/mol. The standard InChI is InChI=1S/C13H13NO3S2/c1-8-6-10(13(16)17-2)12(19-8)14-11(15)7-9-4-3-5-18-9/h3-6H,7H2,1-2H3,(H,14,15). The van der Waals surface area contributed by atoms with E-state index in [2.05, 4.69) is 5.32 Å². The van der Waals surface area contributed by atoms with Crippen molar-refractivity contribution in [3.8, 4) is 0 Å². The van der Waals surface area contributed by atoms with Gasteiger partial charge in [0.05, 0.1) is 19.1 Å². The first-order valence-electron chi connectivity index (χ1n) is 5.61. The van der Waals surface area contributed by atoms with Crippen molar-refractivity contribution >= 4 is 39.6 Å². The Morgan fingerprint density at radius 2 is 2.21 bits per heavy atom. The SMILES string of the molecule is COC(=O)c1cc(C)sc1NC(=O)Cc1cccs1. The Hall–Kier alpha value is -1.66. The third-order valence-electron chi connectivity index (χ3n) is 2.43. The highest BCUT2D eigenvalue weighted by atomic mass is 32.1. The molecule has 2 rings (SSSR count). The Kier molecular flexibility index (Phi) is 4.34. The van der Waals surface area contributed by atoms with E-state index in [0.29, 0.717) is 17.0 Å². The van der Waals surface area contributed by atoms with Crippen molar-refractivity contribution in [3.05, 3.63) is 38.9 Å². The zero-order valence-electron chi connectivity index (χ0n) is 10.6. The van der Waals surface area contributed by atoms with Gasteiger partial charge in [0.1, 0.15) is 5.00 Å². The lowest BCUT2D eigenvalue weighted by molar-refractivity contribution is -0.115. The Morgan fingerprint density at radius 3 is 2.84 bits per heavy atom. The summed E-state index contributed by atoms with van der Waals surface area (Å²) in [7, 11) is 1.33. The summed E-state index contributed by atoms with van der Waals surface area (Å²) >= 11 is 2.90. The minimum atomic E-state index is -0.434. The average Bonchev–Trinajstić information content (AvgIpc) is 2.98. The van der Waals surface area contributed by atoms with Crippen LogP contribution in [0.2, 0.25) is 0 Å². The molecule has 0 aliphatic rings. The van der Waals surface area contributed by atoms with Gasteiger partial charge >= 0.3 is 5.97 Å². The largest absolute Gasteiger partial charge is 0.465 e. The zero-order chi connectivity index (χ0) is 13.8. The molecule has 0 aliphatic heterocycles. The van der Waals surface area contributed by atoms with Gasteiger partial charge in [-0.1, -0.05) is 6.07 Å². The smallest absolute Gasteiger partial charge is 0.340 e. The molecule has 2 aromatic rings. The lowest BCUT2D eigenvalue weighted by Gasteiger charge is -2.04. The number of rotatable bonds is 4. The number of esters is 1. The minimum absolute atomic E-state index is 0.130. The molecule has 0 atom stereocenters. The molecule has 0 aliphatic carbocycles. The maximum absolute atomic E-state index is 11.9. The van der Waals surface area contributed by atoms with Crippen LogP contribution in [0.3, 0.4) is 0 Å². The third-order valence-corrected chi connectivity index (χ3v) is 4.27. The molecule has 0 fully saturated rings. The van der Waals surface area contributed by atoms with Gasteiger partial charge in [-0.3, -0.25) is 4.79 Å². The maximum atomic E-state index is 11.9. The number of carbonyl (C=O) groups excluding carboxylic acids is 2. The first-order valence-corrected chi connectivity index (χ1v) is 7.30. The number of hydrogen-bond donors (Lipinski definition) is 1. The predicted octanol–water partition coefficient (Wildman–Crippen LogP) is 3.09. The molecule has 0 saturated heterocycles. The molecule has 2 heterocycles. The molecule has 0 unspecified atom stereocenters. The van der Waals surface area contributed by atoms with E-state index in [0.717, 1.165) is 9.75 Å². The van der Waals surface area contributed by atoms with Gasteiger partial charge in [-0.05, 0) is 24.4 Å². The monoisotopic (exact) mass is 295 g/mol. The topological polar surface area (TPSA) is 55.4 Å². The second-order valence-electron chi connectivity index (χ2n) is 3.90. The number of aryl methyl sites for hydroxylation is 1. The molecule has 2 aromatic heterocycles. The van der Waals surface area contributed by atoms with E-state index in [4.69, 9.17) is 4.74 Å². The summed E-state index contributed by atoms with van der Waals surface area (Å²) in [5, 5.41) is 5.25. The Bertz CT molecular complexity index is 587. The molecule has 19 heavy (non-hydrogen) atoms. The van der Waals surface area contributed by atoms with Crippen LogP contribution in [0.25, 0.3) is 0 Å². The average molecular weight is 295 g/mol. The van der Waals surface area contributed by atoms with Gasteiger partial charge < -0.3 is 10.1 Å². The van der Waals surface area contributed by atoms with Gasteiger partial charge in [0, 0.05) is 9.75 Å². The minimum Gasteiger partial charge on any atom is -0.465 e. The van der Waals surface area contributed by atoms with Crippen molar-refractivity contribution in [3.63, 3.8) is 0 Å². The summed E-state index contributed by atoms with van der Waals surface area (Å²) in [6.07, 6.45) is 0.315. The van der Waals surface area contributed by atoms with Crippen LogP contribution in [0, 0.1) is 6.92 Å². The number of ether oxygens (including phenoxy) is 1. The van der Waals surface area contributed by atoms with E-state index >= 15 is 0 Å². The maximum Gasteiger partial charge on any atom is 0.340 e. The van der Waals surface area contributed by atoms with Crippen LogP contribution in [0.15, 0.2) is 23.6 Å². The number of hydrogen-bond acceptors (Lipinski definition) is 5. The van der Waals surface area contributed by atoms with E-state index < -0.39 is 5.97 Å². The van der Waals surface area contributed by atoms with Crippen LogP contribution >= 0.6 is 22.7 Å². The summed E-state index contributed by atoms with van der Waals surface area (Å²) in [6.45, 7) is 1.88. The van der Waals surface area contributed by atoms with Gasteiger partial charge in [0.2, 0.25) is 5.91 Å². The van der Waals surface area contributed by atoms with Gasteiger partial charge in [0.25, 0.3) is 0 Å². The first kappa shape index (κ1) is 13.8. The molecule has 100 valence electrons. The number of amides is 1. The molecule has 4 nitrogen and oxygen atoms in total. The fraction of sp³-hybridized carbons (Fsp3) is 0.231. The number of thiophene rings is 2. The van der Waals surface area contributed by atoms with Crippen molar-refractivity contribution < 1.29 is 14.3 Å². The highest BCUT2D eigenvalue weighted by Gasteiger charge is 2.17. The predicted molar refractivity (Wildman–Crippen MR) is 77.0 cm³/mol. The molecule has 0 radical (unpaired) electrons. The molecule has 6 heteroatoms. The number of carbonyl (C=O) groups is 2. The van der Waals surface area contributed by atoms with Crippen LogP contribution in [0.4, 0.5) is 5.00 Å². The van der Waals surface area contributed by atoms with Crippen molar-refractivity contribution in [2.45, 2.75) is 13.3 Å². The highest BCUT2D eigenvalue weighted by molar-refractivity contribution is 7.16. The van der Waals surface area contributed by atoms with Crippen molar-refractivity contribution in [2.24, 2.45) is 0 Å². The lowest BCUT2D eigenvalue weighted by atomic mass is 10.3. The Morgan fingerprint density at radius 1 is 1.42 bits per heavy atom. The molecular formula is C13H13NO3S2. The lowest BCUT2D eigenvalue weighted by Crippen LogP contribution is -2.15. The Balaban J connectivity index is 2.10. The third kappa shape index (κ3) is 3.42. The highest BCUT2D eigenvalue weighted by Crippen LogP contribution is 2.28. The molecule has 1 amide bonds. The molecule has 1 N–H and O–H groups in total. The summed E-state index contributed by atoms with van der Waals surface area (Å²) < 4.78 is 4.70. The zero-order valence-corrected chi connectivity index (χ0v) is 12.2. The van der Waals surface area contributed by atoms with Crippen LogP contribution < -0.4 is 5.32 Å². The van der Waals surface area contributed by atoms with Crippen molar-refractivity contribution in [1.29, 1.82) is 0 Å². The number of nitrogens with one attached hydrogen (secondary N) is 1. The van der Waals surface area contributed by atoms with E-state index in [-0.39, 0.29) is 5.91 Å². The fourth-order valence-electron chi connectivity index (χ4n) is 1.61. The van der Waals surface area contributed by atoms with E-state index in [1.807, 2.05) is 24.4 Å². The molecule has 0 saturated carbocycles. The first-order chi connectivity index (χ1) is 9.10. The summed E-state index contributed by atoms with van der Waals surface area (Å²) in [4.78, 5) is 25.4. The molecule has 0 aromatic carbocycles. The van der Waals surface area contributed by atoms with Crippen LogP contribution in [0.5, 0.6) is 0 Å². The Labute approximate surface area is 119 Å². The van der Waals surface area contributed by atoms with Crippen LogP contribution in [0.1, 0.15) is 20.1 Å². The van der Waals surface area contributed by atoms with Gasteiger partial charge in [-0.2, -0.15) is 0 Å². The number of anilines is 1. The van der Waals surface area contributed by atoms with Gasteiger partial charge in [0.15, 0.2) is 0 Å². The summed E-state index contributed by atoms with van der Waals surface area (Å²) in [5.74, 6) is -0.565. The van der Waals surface area contributed by atoms with Crippen molar-refractivity contribution in [1.82, 2.24) is 0 Å². The quantitative estimate of drug-likeness (QED) is 0.882.